The van der Waals surface area contributed by atoms with E-state index in [0.717, 1.165) is 5.69 Å². The molecule has 1 aliphatic carbocycles. The van der Waals surface area contributed by atoms with E-state index in [9.17, 15) is 5.11 Å². The van der Waals surface area contributed by atoms with Crippen molar-refractivity contribution in [1.82, 2.24) is 19.8 Å². The second-order valence-corrected chi connectivity index (χ2v) is 8.42. The minimum atomic E-state index is -0.0134. The van der Waals surface area contributed by atoms with Crippen LogP contribution in [0.4, 0.5) is 0 Å². The third kappa shape index (κ3) is 3.44. The van der Waals surface area contributed by atoms with Gasteiger partial charge in [0.05, 0.1) is 24.4 Å². The van der Waals surface area contributed by atoms with E-state index in [1.165, 1.54) is 49.1 Å². The van der Waals surface area contributed by atoms with E-state index in [-0.39, 0.29) is 18.7 Å². The highest BCUT2D eigenvalue weighted by atomic mass is 32.1. The van der Waals surface area contributed by atoms with Crippen LogP contribution in [0.3, 0.4) is 0 Å². The summed E-state index contributed by atoms with van der Waals surface area (Å²) in [5.74, 6) is 0. The minimum Gasteiger partial charge on any atom is -0.395 e. The van der Waals surface area contributed by atoms with E-state index >= 15 is 0 Å². The Balaban J connectivity index is 1.76. The third-order valence-electron chi connectivity index (χ3n) is 6.32. The Labute approximate surface area is 172 Å². The number of nitrogens with zero attached hydrogens (tertiary/aromatic N) is 3. The van der Waals surface area contributed by atoms with Crippen molar-refractivity contribution >= 4 is 17.3 Å². The van der Waals surface area contributed by atoms with Crippen LogP contribution in [0.25, 0.3) is 0 Å². The van der Waals surface area contributed by atoms with Crippen LogP contribution in [0.5, 0.6) is 0 Å². The van der Waals surface area contributed by atoms with Crippen molar-refractivity contribution in [3.05, 3.63) is 53.1 Å². The van der Waals surface area contributed by atoms with E-state index in [0.29, 0.717) is 17.7 Å². The van der Waals surface area contributed by atoms with Crippen LogP contribution in [0.1, 0.15) is 72.9 Å². The Morgan fingerprint density at radius 2 is 2.00 bits per heavy atom. The smallest absolute Gasteiger partial charge is 0.170 e. The number of aliphatic hydroxyl groups excluding tert-OH is 1. The average molecular weight is 399 g/mol. The highest BCUT2D eigenvalue weighted by Gasteiger charge is 2.41. The summed E-state index contributed by atoms with van der Waals surface area (Å²) in [5, 5.41) is 13.8. The van der Waals surface area contributed by atoms with Crippen molar-refractivity contribution < 1.29 is 5.11 Å². The summed E-state index contributed by atoms with van der Waals surface area (Å²) in [6.45, 7) is 5.06. The second-order valence-electron chi connectivity index (χ2n) is 8.03. The van der Waals surface area contributed by atoms with Crippen LogP contribution in [0.15, 0.2) is 30.5 Å². The van der Waals surface area contributed by atoms with Crippen LogP contribution in [-0.2, 0) is 0 Å². The zero-order chi connectivity index (χ0) is 19.7. The highest BCUT2D eigenvalue weighted by molar-refractivity contribution is 7.80. The summed E-state index contributed by atoms with van der Waals surface area (Å²) in [5.41, 5.74) is 4.92. The first-order valence-corrected chi connectivity index (χ1v) is 10.8. The first kappa shape index (κ1) is 19.4. The first-order valence-electron chi connectivity index (χ1n) is 10.4. The zero-order valence-electron chi connectivity index (χ0n) is 16.8. The molecule has 1 aliphatic heterocycles. The predicted molar refractivity (Wildman–Crippen MR) is 115 cm³/mol. The summed E-state index contributed by atoms with van der Waals surface area (Å²) < 4.78 is 2.54. The maximum Gasteiger partial charge on any atom is 0.170 e. The number of rotatable bonds is 5. The molecular formula is C22H30N4OS. The van der Waals surface area contributed by atoms with Crippen molar-refractivity contribution in [2.75, 3.05) is 13.2 Å². The number of aryl methyl sites for hydroxylation is 1. The van der Waals surface area contributed by atoms with Crippen molar-refractivity contribution in [3.63, 3.8) is 0 Å². The normalized spacial score (nSPS) is 23.2. The average Bonchev–Trinajstić information content (AvgIpc) is 3.19. The van der Waals surface area contributed by atoms with E-state index in [2.05, 4.69) is 45.7 Å². The molecule has 1 saturated carbocycles. The van der Waals surface area contributed by atoms with Gasteiger partial charge in [0.1, 0.15) is 0 Å². The molecule has 0 radical (unpaired) electrons. The fourth-order valence-corrected chi connectivity index (χ4v) is 5.43. The lowest BCUT2D eigenvalue weighted by Gasteiger charge is -2.29. The van der Waals surface area contributed by atoms with Gasteiger partial charge in [-0.2, -0.15) is 0 Å². The molecule has 2 atom stereocenters. The number of nitrogens with one attached hydrogen (secondary N) is 1. The molecule has 2 aromatic heterocycles. The van der Waals surface area contributed by atoms with Gasteiger partial charge in [0, 0.05) is 30.2 Å². The van der Waals surface area contributed by atoms with Gasteiger partial charge in [0.2, 0.25) is 0 Å². The Morgan fingerprint density at radius 3 is 2.68 bits per heavy atom. The lowest BCUT2D eigenvalue weighted by atomic mass is 9.94. The standard InChI is InChI=1S/C22H30N4OS/c1-15-14-18(16(2)26(15)17-8-4-3-5-9-17)21-20(19-10-6-7-11-23-19)24-22(28)25(21)12-13-27/h6-7,10-11,14,17,20-21,27H,3-5,8-9,12-13H2,1-2H3,(H,24,28)/t20-,21-/m0/s1. The molecule has 1 saturated heterocycles. The SMILES string of the molecule is Cc1cc([C@H]2[C@H](c3ccccn3)NC(=S)N2CCO)c(C)n1C1CCCCC1. The summed E-state index contributed by atoms with van der Waals surface area (Å²) in [6.07, 6.45) is 8.35. The van der Waals surface area contributed by atoms with Gasteiger partial charge in [-0.05, 0) is 62.7 Å². The maximum atomic E-state index is 9.65. The highest BCUT2D eigenvalue weighted by Crippen LogP contribution is 2.42. The maximum absolute atomic E-state index is 9.65. The van der Waals surface area contributed by atoms with Crippen molar-refractivity contribution in [2.24, 2.45) is 0 Å². The molecule has 28 heavy (non-hydrogen) atoms. The van der Waals surface area contributed by atoms with Crippen LogP contribution < -0.4 is 5.32 Å². The molecule has 150 valence electrons. The molecule has 3 heterocycles. The molecular weight excluding hydrogens is 368 g/mol. The lowest BCUT2D eigenvalue weighted by molar-refractivity contribution is 0.222. The van der Waals surface area contributed by atoms with Gasteiger partial charge in [-0.15, -0.1) is 0 Å². The quantitative estimate of drug-likeness (QED) is 0.747. The number of aliphatic hydroxyl groups is 1. The van der Waals surface area contributed by atoms with Crippen LogP contribution in [0, 0.1) is 13.8 Å². The van der Waals surface area contributed by atoms with Gasteiger partial charge in [0.25, 0.3) is 0 Å². The summed E-state index contributed by atoms with van der Waals surface area (Å²) in [7, 11) is 0. The second kappa shape index (κ2) is 8.21. The zero-order valence-corrected chi connectivity index (χ0v) is 17.6. The molecule has 5 nitrogen and oxygen atoms in total. The predicted octanol–water partition coefficient (Wildman–Crippen LogP) is 3.97. The Hall–Kier alpha value is -1.92. The molecule has 2 aromatic rings. The number of aromatic nitrogens is 2. The van der Waals surface area contributed by atoms with Crippen LogP contribution >= 0.6 is 12.2 Å². The number of pyridine rings is 1. The molecule has 0 aromatic carbocycles. The number of hydrogen-bond acceptors (Lipinski definition) is 3. The van der Waals surface area contributed by atoms with Crippen LogP contribution in [-0.4, -0.2) is 37.8 Å². The largest absolute Gasteiger partial charge is 0.395 e. The Bertz CT molecular complexity index is 829. The number of thiocarbonyl (C=S) groups is 1. The van der Waals surface area contributed by atoms with E-state index in [1.807, 2.05) is 18.3 Å². The fourth-order valence-electron chi connectivity index (χ4n) is 5.10. The van der Waals surface area contributed by atoms with Crippen LogP contribution in [0.2, 0.25) is 0 Å². The minimum absolute atomic E-state index is 0.0134. The number of hydrogen-bond donors (Lipinski definition) is 2. The Morgan fingerprint density at radius 1 is 1.21 bits per heavy atom. The summed E-state index contributed by atoms with van der Waals surface area (Å²) in [4.78, 5) is 6.72. The number of β-amino-alcohol motifs (C(OH)–C–C–N with tert-alkyl or cyclic N) is 1. The molecule has 0 unspecified atom stereocenters. The van der Waals surface area contributed by atoms with Gasteiger partial charge in [0.15, 0.2) is 5.11 Å². The molecule has 0 amide bonds. The van der Waals surface area contributed by atoms with Gasteiger partial charge < -0.3 is 19.9 Å². The van der Waals surface area contributed by atoms with Crippen molar-refractivity contribution in [3.8, 4) is 0 Å². The van der Waals surface area contributed by atoms with Gasteiger partial charge in [-0.3, -0.25) is 4.98 Å². The van der Waals surface area contributed by atoms with E-state index < -0.39 is 0 Å². The summed E-state index contributed by atoms with van der Waals surface area (Å²) >= 11 is 5.64. The molecule has 2 aliphatic rings. The van der Waals surface area contributed by atoms with Gasteiger partial charge in [-0.25, -0.2) is 0 Å². The van der Waals surface area contributed by atoms with E-state index in [1.54, 1.807) is 0 Å². The molecule has 0 spiro atoms. The van der Waals surface area contributed by atoms with Gasteiger partial charge >= 0.3 is 0 Å². The molecule has 2 N–H and O–H groups in total. The third-order valence-corrected chi connectivity index (χ3v) is 6.67. The molecule has 2 fully saturated rings. The molecule has 6 heteroatoms. The topological polar surface area (TPSA) is 53.3 Å². The molecule has 4 rings (SSSR count). The fraction of sp³-hybridized carbons (Fsp3) is 0.545. The summed E-state index contributed by atoms with van der Waals surface area (Å²) in [6, 6.07) is 8.96. The molecule has 0 bridgehead atoms. The van der Waals surface area contributed by atoms with E-state index in [4.69, 9.17) is 12.2 Å². The monoisotopic (exact) mass is 398 g/mol. The van der Waals surface area contributed by atoms with Crippen molar-refractivity contribution in [2.45, 2.75) is 64.1 Å². The first-order chi connectivity index (χ1) is 13.6. The Kier molecular flexibility index (Phi) is 5.69. The lowest BCUT2D eigenvalue weighted by Crippen LogP contribution is -2.32. The van der Waals surface area contributed by atoms with Gasteiger partial charge in [-0.1, -0.05) is 25.3 Å². The van der Waals surface area contributed by atoms with Crippen molar-refractivity contribution in [1.29, 1.82) is 0 Å².